The van der Waals surface area contributed by atoms with Gasteiger partial charge < -0.3 is 10.2 Å². The summed E-state index contributed by atoms with van der Waals surface area (Å²) in [6.45, 7) is 5.65. The molecule has 0 radical (unpaired) electrons. The van der Waals surface area contributed by atoms with E-state index in [1.165, 1.54) is 62.7 Å². The third-order valence-electron chi connectivity index (χ3n) is 5.65. The van der Waals surface area contributed by atoms with Crippen molar-refractivity contribution < 1.29 is 9.69 Å². The zero-order valence-electron chi connectivity index (χ0n) is 14.5. The van der Waals surface area contributed by atoms with E-state index in [0.29, 0.717) is 0 Å². The molecule has 1 aliphatic heterocycles. The molecule has 0 aromatic heterocycles. The molecule has 0 spiro atoms. The number of aryl methyl sites for hydroxylation is 2. The van der Waals surface area contributed by atoms with Crippen molar-refractivity contribution in [3.63, 3.8) is 0 Å². The van der Waals surface area contributed by atoms with Crippen LogP contribution < -0.4 is 10.2 Å². The monoisotopic (exact) mass is 315 g/mol. The van der Waals surface area contributed by atoms with E-state index in [2.05, 4.69) is 24.4 Å². The maximum Gasteiger partial charge on any atom is 0.251 e. The van der Waals surface area contributed by atoms with Crippen LogP contribution in [0.2, 0.25) is 0 Å². The van der Waals surface area contributed by atoms with Gasteiger partial charge in [-0.1, -0.05) is 6.07 Å². The van der Waals surface area contributed by atoms with E-state index >= 15 is 0 Å². The first-order chi connectivity index (χ1) is 11.2. The summed E-state index contributed by atoms with van der Waals surface area (Å²) in [6, 6.07) is 7.06. The first kappa shape index (κ1) is 16.5. The summed E-state index contributed by atoms with van der Waals surface area (Å²) in [5.41, 5.74) is 3.66. The van der Waals surface area contributed by atoms with Crippen LogP contribution in [-0.2, 0) is 12.8 Å². The SMILES string of the molecule is C[C@@H]1CCCC[NH+]1CCCNC(=O)c1ccc2c(c1)CCCC2. The van der Waals surface area contributed by atoms with Gasteiger partial charge >= 0.3 is 0 Å². The van der Waals surface area contributed by atoms with E-state index in [4.69, 9.17) is 0 Å². The Bertz CT molecular complexity index is 540. The number of carbonyl (C=O) groups excluding carboxylic acids is 1. The average molecular weight is 315 g/mol. The fourth-order valence-electron chi connectivity index (χ4n) is 4.12. The van der Waals surface area contributed by atoms with Gasteiger partial charge in [-0.25, -0.2) is 0 Å². The van der Waals surface area contributed by atoms with Crippen molar-refractivity contribution in [1.82, 2.24) is 5.32 Å². The Morgan fingerprint density at radius 2 is 2.00 bits per heavy atom. The van der Waals surface area contributed by atoms with Crippen LogP contribution in [0, 0.1) is 0 Å². The molecule has 1 fully saturated rings. The minimum atomic E-state index is 0.0973. The Balaban J connectivity index is 1.44. The average Bonchev–Trinajstić information content (AvgIpc) is 2.59. The molecule has 0 bridgehead atoms. The Morgan fingerprint density at radius 3 is 2.83 bits per heavy atom. The number of hydrogen-bond donors (Lipinski definition) is 2. The molecule has 2 N–H and O–H groups in total. The van der Waals surface area contributed by atoms with Crippen LogP contribution in [0.1, 0.15) is 66.9 Å². The topological polar surface area (TPSA) is 33.5 Å². The van der Waals surface area contributed by atoms with Gasteiger partial charge in [0.25, 0.3) is 5.91 Å². The van der Waals surface area contributed by atoms with Crippen molar-refractivity contribution in [2.75, 3.05) is 19.6 Å². The molecule has 0 saturated carbocycles. The number of nitrogens with one attached hydrogen (secondary N) is 2. The second-order valence-electron chi connectivity index (χ2n) is 7.36. The summed E-state index contributed by atoms with van der Waals surface area (Å²) in [6.07, 6.45) is 10.0. The highest BCUT2D eigenvalue weighted by atomic mass is 16.1. The summed E-state index contributed by atoms with van der Waals surface area (Å²) in [7, 11) is 0. The fourth-order valence-corrected chi connectivity index (χ4v) is 4.12. The van der Waals surface area contributed by atoms with E-state index in [0.717, 1.165) is 31.0 Å². The lowest BCUT2D eigenvalue weighted by Gasteiger charge is -2.30. The van der Waals surface area contributed by atoms with Crippen LogP contribution in [0.25, 0.3) is 0 Å². The summed E-state index contributed by atoms with van der Waals surface area (Å²) in [4.78, 5) is 14.0. The maximum atomic E-state index is 12.3. The van der Waals surface area contributed by atoms with Crippen LogP contribution in [0.5, 0.6) is 0 Å². The summed E-state index contributed by atoms with van der Waals surface area (Å²) in [5.74, 6) is 0.0973. The zero-order chi connectivity index (χ0) is 16.1. The number of piperidine rings is 1. The zero-order valence-corrected chi connectivity index (χ0v) is 14.5. The fraction of sp³-hybridized carbons (Fsp3) is 0.650. The van der Waals surface area contributed by atoms with Gasteiger partial charge in [-0.05, 0) is 75.1 Å². The van der Waals surface area contributed by atoms with Gasteiger partial charge in [0.2, 0.25) is 0 Å². The number of amides is 1. The molecular weight excluding hydrogens is 284 g/mol. The minimum absolute atomic E-state index is 0.0973. The number of likely N-dealkylation sites (tertiary alicyclic amines) is 1. The van der Waals surface area contributed by atoms with Crippen molar-refractivity contribution in [3.05, 3.63) is 34.9 Å². The van der Waals surface area contributed by atoms with Crippen molar-refractivity contribution in [3.8, 4) is 0 Å². The van der Waals surface area contributed by atoms with E-state index in [1.54, 1.807) is 4.90 Å². The molecular formula is C20H31N2O+. The minimum Gasteiger partial charge on any atom is -0.352 e. The Labute approximate surface area is 140 Å². The van der Waals surface area contributed by atoms with Crippen LogP contribution in [-0.4, -0.2) is 31.6 Å². The molecule has 3 nitrogen and oxygen atoms in total. The van der Waals surface area contributed by atoms with Gasteiger partial charge in [-0.2, -0.15) is 0 Å². The molecule has 1 heterocycles. The van der Waals surface area contributed by atoms with Gasteiger partial charge in [0.15, 0.2) is 0 Å². The highest BCUT2D eigenvalue weighted by Crippen LogP contribution is 2.22. The highest BCUT2D eigenvalue weighted by molar-refractivity contribution is 5.94. The van der Waals surface area contributed by atoms with Crippen molar-refractivity contribution in [2.45, 2.75) is 64.3 Å². The molecule has 1 amide bonds. The molecule has 1 saturated heterocycles. The molecule has 1 aromatic carbocycles. The summed E-state index contributed by atoms with van der Waals surface area (Å²) in [5, 5.41) is 3.11. The van der Waals surface area contributed by atoms with E-state index in [9.17, 15) is 4.79 Å². The Kier molecular flexibility index (Phi) is 5.71. The van der Waals surface area contributed by atoms with Gasteiger partial charge in [0.1, 0.15) is 0 Å². The van der Waals surface area contributed by atoms with Crippen LogP contribution in [0.15, 0.2) is 18.2 Å². The number of hydrogen-bond acceptors (Lipinski definition) is 1. The molecule has 23 heavy (non-hydrogen) atoms. The number of fused-ring (bicyclic) bond motifs is 1. The lowest BCUT2D eigenvalue weighted by molar-refractivity contribution is -0.928. The molecule has 3 rings (SSSR count). The Hall–Kier alpha value is -1.35. The Morgan fingerprint density at radius 1 is 1.17 bits per heavy atom. The number of benzene rings is 1. The normalized spacial score (nSPS) is 24.0. The number of carbonyl (C=O) groups is 1. The predicted octanol–water partition coefficient (Wildman–Crippen LogP) is 2.14. The first-order valence-corrected chi connectivity index (χ1v) is 9.48. The quantitative estimate of drug-likeness (QED) is 0.802. The molecule has 2 atom stereocenters. The smallest absolute Gasteiger partial charge is 0.251 e. The molecule has 126 valence electrons. The summed E-state index contributed by atoms with van der Waals surface area (Å²) >= 11 is 0. The van der Waals surface area contributed by atoms with E-state index in [-0.39, 0.29) is 5.91 Å². The molecule has 1 aromatic rings. The van der Waals surface area contributed by atoms with Gasteiger partial charge in [0, 0.05) is 18.5 Å². The third-order valence-corrected chi connectivity index (χ3v) is 5.65. The van der Waals surface area contributed by atoms with Gasteiger partial charge in [-0.15, -0.1) is 0 Å². The maximum absolute atomic E-state index is 12.3. The highest BCUT2D eigenvalue weighted by Gasteiger charge is 2.21. The van der Waals surface area contributed by atoms with Crippen LogP contribution >= 0.6 is 0 Å². The second-order valence-corrected chi connectivity index (χ2v) is 7.36. The van der Waals surface area contributed by atoms with Gasteiger partial charge in [0.05, 0.1) is 19.1 Å². The summed E-state index contributed by atoms with van der Waals surface area (Å²) < 4.78 is 0. The van der Waals surface area contributed by atoms with Crippen molar-refractivity contribution in [2.24, 2.45) is 0 Å². The van der Waals surface area contributed by atoms with E-state index in [1.807, 2.05) is 6.07 Å². The first-order valence-electron chi connectivity index (χ1n) is 9.48. The van der Waals surface area contributed by atoms with Crippen molar-refractivity contribution >= 4 is 5.91 Å². The second kappa shape index (κ2) is 7.96. The number of quaternary nitrogens is 1. The molecule has 2 aliphatic rings. The van der Waals surface area contributed by atoms with Crippen LogP contribution in [0.3, 0.4) is 0 Å². The molecule has 1 aliphatic carbocycles. The lowest BCUT2D eigenvalue weighted by atomic mass is 9.90. The van der Waals surface area contributed by atoms with Crippen LogP contribution in [0.4, 0.5) is 0 Å². The molecule has 3 heteroatoms. The number of rotatable bonds is 5. The molecule has 1 unspecified atom stereocenters. The predicted molar refractivity (Wildman–Crippen MR) is 94.0 cm³/mol. The standard InChI is InChI=1S/C20H30N2O/c1-16-7-4-5-13-22(16)14-6-12-21-20(23)19-11-10-17-8-2-3-9-18(17)15-19/h10-11,15-16H,2-9,12-14H2,1H3,(H,21,23)/p+1/t16-/m1/s1. The van der Waals surface area contributed by atoms with E-state index < -0.39 is 0 Å². The largest absolute Gasteiger partial charge is 0.352 e. The lowest BCUT2D eigenvalue weighted by Crippen LogP contribution is -3.16. The third kappa shape index (κ3) is 4.35. The van der Waals surface area contributed by atoms with Crippen molar-refractivity contribution in [1.29, 1.82) is 0 Å². The van der Waals surface area contributed by atoms with Gasteiger partial charge in [-0.3, -0.25) is 4.79 Å².